The molecule has 0 aliphatic carbocycles. The van der Waals surface area contributed by atoms with Gasteiger partial charge in [-0.15, -0.1) is 0 Å². The summed E-state index contributed by atoms with van der Waals surface area (Å²) in [5.41, 5.74) is 5.36. The minimum Gasteiger partial charge on any atom is -0.484 e. The number of rotatable bonds is 8. The van der Waals surface area contributed by atoms with Crippen LogP contribution in [0, 0.1) is 17.0 Å². The molecule has 0 aliphatic heterocycles. The molecule has 0 fully saturated rings. The largest absolute Gasteiger partial charge is 0.484 e. The molecule has 1 atom stereocenters. The fourth-order valence-corrected chi connectivity index (χ4v) is 2.23. The highest BCUT2D eigenvalue weighted by molar-refractivity contribution is 5.85. The minimum absolute atomic E-state index is 0.0803. The standard InChI is InChI=1S/C19H21N3O6/c1-3-16(28-17-7-5-4-6-13(17)2)19(24)21-20-18(23)12-27-15-10-8-14(9-11-15)22(25)26/h4-11,16H,3,12H2,1-2H3,(H,20,23)(H,21,24). The Hall–Kier alpha value is -3.62. The second-order valence-corrected chi connectivity index (χ2v) is 5.86. The second kappa shape index (κ2) is 9.91. The number of nitrogens with zero attached hydrogens (tertiary/aromatic N) is 1. The Morgan fingerprint density at radius 3 is 2.39 bits per heavy atom. The average Bonchev–Trinajstić information content (AvgIpc) is 2.70. The van der Waals surface area contributed by atoms with Gasteiger partial charge in [-0.3, -0.25) is 30.6 Å². The first-order valence-electron chi connectivity index (χ1n) is 8.59. The van der Waals surface area contributed by atoms with Crippen LogP contribution in [0.25, 0.3) is 0 Å². The SMILES string of the molecule is CCC(Oc1ccccc1C)C(=O)NNC(=O)COc1ccc([N+](=O)[O-])cc1. The fraction of sp³-hybridized carbons (Fsp3) is 0.263. The number of carbonyl (C=O) groups excluding carboxylic acids is 2. The van der Waals surface area contributed by atoms with Crippen molar-refractivity contribution in [3.8, 4) is 11.5 Å². The van der Waals surface area contributed by atoms with Gasteiger partial charge in [-0.05, 0) is 37.1 Å². The van der Waals surface area contributed by atoms with E-state index in [9.17, 15) is 19.7 Å². The van der Waals surface area contributed by atoms with Crippen LogP contribution >= 0.6 is 0 Å². The third kappa shape index (κ3) is 5.97. The highest BCUT2D eigenvalue weighted by Crippen LogP contribution is 2.19. The molecule has 0 saturated carbocycles. The number of para-hydroxylation sites is 1. The van der Waals surface area contributed by atoms with Gasteiger partial charge in [0.25, 0.3) is 17.5 Å². The third-order valence-corrected chi connectivity index (χ3v) is 3.77. The maximum atomic E-state index is 12.2. The number of aryl methyl sites for hydroxylation is 1. The summed E-state index contributed by atoms with van der Waals surface area (Å²) in [6.07, 6.45) is -0.355. The number of non-ortho nitro benzene ring substituents is 1. The molecule has 0 saturated heterocycles. The lowest BCUT2D eigenvalue weighted by Gasteiger charge is -2.18. The van der Waals surface area contributed by atoms with Crippen molar-refractivity contribution in [3.63, 3.8) is 0 Å². The summed E-state index contributed by atoms with van der Waals surface area (Å²) in [5, 5.41) is 10.6. The zero-order valence-corrected chi connectivity index (χ0v) is 15.5. The van der Waals surface area contributed by atoms with E-state index >= 15 is 0 Å². The van der Waals surface area contributed by atoms with Crippen LogP contribution in [0.5, 0.6) is 11.5 Å². The lowest BCUT2D eigenvalue weighted by molar-refractivity contribution is -0.384. The molecule has 0 spiro atoms. The molecular weight excluding hydrogens is 366 g/mol. The van der Waals surface area contributed by atoms with Crippen LogP contribution in [0.3, 0.4) is 0 Å². The van der Waals surface area contributed by atoms with Crippen molar-refractivity contribution in [2.45, 2.75) is 26.4 Å². The molecule has 9 heteroatoms. The summed E-state index contributed by atoms with van der Waals surface area (Å²) < 4.78 is 10.9. The van der Waals surface area contributed by atoms with E-state index in [-0.39, 0.29) is 12.3 Å². The van der Waals surface area contributed by atoms with E-state index in [1.54, 1.807) is 13.0 Å². The second-order valence-electron chi connectivity index (χ2n) is 5.86. The van der Waals surface area contributed by atoms with Gasteiger partial charge in [-0.25, -0.2) is 0 Å². The number of ether oxygens (including phenoxy) is 2. The van der Waals surface area contributed by atoms with Gasteiger partial charge in [-0.2, -0.15) is 0 Å². The van der Waals surface area contributed by atoms with Gasteiger partial charge < -0.3 is 9.47 Å². The van der Waals surface area contributed by atoms with Gasteiger partial charge in [0.1, 0.15) is 11.5 Å². The van der Waals surface area contributed by atoms with Crippen molar-refractivity contribution in [2.75, 3.05) is 6.61 Å². The van der Waals surface area contributed by atoms with Gasteiger partial charge in [0.2, 0.25) is 0 Å². The molecule has 2 N–H and O–H groups in total. The van der Waals surface area contributed by atoms with E-state index in [2.05, 4.69) is 10.9 Å². The number of amides is 2. The summed E-state index contributed by atoms with van der Waals surface area (Å²) in [7, 11) is 0. The number of nitro groups is 1. The topological polar surface area (TPSA) is 120 Å². The first-order valence-corrected chi connectivity index (χ1v) is 8.59. The van der Waals surface area contributed by atoms with Gasteiger partial charge >= 0.3 is 0 Å². The third-order valence-electron chi connectivity index (χ3n) is 3.77. The highest BCUT2D eigenvalue weighted by Gasteiger charge is 2.19. The number of carbonyl (C=O) groups is 2. The van der Waals surface area contributed by atoms with E-state index in [1.165, 1.54) is 24.3 Å². The van der Waals surface area contributed by atoms with Gasteiger partial charge in [0.05, 0.1) is 4.92 Å². The quantitative estimate of drug-likeness (QED) is 0.530. The summed E-state index contributed by atoms with van der Waals surface area (Å²) in [6.45, 7) is 3.30. The first kappa shape index (κ1) is 20.7. The van der Waals surface area contributed by atoms with E-state index in [0.29, 0.717) is 17.9 Å². The molecular formula is C19H21N3O6. The molecule has 0 aromatic heterocycles. The van der Waals surface area contributed by atoms with Crippen molar-refractivity contribution in [2.24, 2.45) is 0 Å². The van der Waals surface area contributed by atoms with Crippen LogP contribution in [0.1, 0.15) is 18.9 Å². The van der Waals surface area contributed by atoms with Crippen LogP contribution in [0.2, 0.25) is 0 Å². The van der Waals surface area contributed by atoms with Crippen LogP contribution < -0.4 is 20.3 Å². The summed E-state index contributed by atoms with van der Waals surface area (Å²) >= 11 is 0. The summed E-state index contributed by atoms with van der Waals surface area (Å²) in [6, 6.07) is 12.6. The molecule has 2 aromatic rings. The Labute approximate surface area is 161 Å². The molecule has 148 valence electrons. The molecule has 0 bridgehead atoms. The molecule has 9 nitrogen and oxygen atoms in total. The number of nitrogens with one attached hydrogen (secondary N) is 2. The monoisotopic (exact) mass is 387 g/mol. The molecule has 0 heterocycles. The Kier molecular flexibility index (Phi) is 7.32. The normalized spacial score (nSPS) is 11.2. The summed E-state index contributed by atoms with van der Waals surface area (Å²) in [5.74, 6) is -0.189. The van der Waals surface area contributed by atoms with Crippen LogP contribution in [-0.4, -0.2) is 29.4 Å². The summed E-state index contributed by atoms with van der Waals surface area (Å²) in [4.78, 5) is 34.1. The molecule has 2 rings (SSSR count). The van der Waals surface area contributed by atoms with Crippen molar-refractivity contribution in [3.05, 3.63) is 64.2 Å². The highest BCUT2D eigenvalue weighted by atomic mass is 16.6. The zero-order chi connectivity index (χ0) is 20.5. The van der Waals surface area contributed by atoms with Crippen molar-refractivity contribution in [1.29, 1.82) is 0 Å². The Morgan fingerprint density at radius 1 is 1.11 bits per heavy atom. The van der Waals surface area contributed by atoms with Crippen LogP contribution in [-0.2, 0) is 9.59 Å². The van der Waals surface area contributed by atoms with Crippen LogP contribution in [0.4, 0.5) is 5.69 Å². The van der Waals surface area contributed by atoms with Crippen molar-refractivity contribution in [1.82, 2.24) is 10.9 Å². The number of benzene rings is 2. The molecule has 0 radical (unpaired) electrons. The van der Waals surface area contributed by atoms with E-state index in [1.807, 2.05) is 25.1 Å². The van der Waals surface area contributed by atoms with Gasteiger partial charge in [0, 0.05) is 12.1 Å². The zero-order valence-electron chi connectivity index (χ0n) is 15.5. The van der Waals surface area contributed by atoms with E-state index in [0.717, 1.165) is 5.56 Å². The Balaban J connectivity index is 1.79. The molecule has 2 amide bonds. The minimum atomic E-state index is -0.767. The fourth-order valence-electron chi connectivity index (χ4n) is 2.23. The molecule has 2 aromatic carbocycles. The van der Waals surface area contributed by atoms with Crippen LogP contribution in [0.15, 0.2) is 48.5 Å². The first-order chi connectivity index (χ1) is 13.4. The maximum absolute atomic E-state index is 12.2. The molecule has 28 heavy (non-hydrogen) atoms. The predicted molar refractivity (Wildman–Crippen MR) is 101 cm³/mol. The Morgan fingerprint density at radius 2 is 1.79 bits per heavy atom. The smallest absolute Gasteiger partial charge is 0.279 e. The van der Waals surface area contributed by atoms with Crippen molar-refractivity contribution >= 4 is 17.5 Å². The van der Waals surface area contributed by atoms with E-state index < -0.39 is 22.8 Å². The van der Waals surface area contributed by atoms with Gasteiger partial charge in [-0.1, -0.05) is 25.1 Å². The number of hydrogen-bond donors (Lipinski definition) is 2. The van der Waals surface area contributed by atoms with Gasteiger partial charge in [0.15, 0.2) is 12.7 Å². The Bertz CT molecular complexity index is 838. The number of hydrogen-bond acceptors (Lipinski definition) is 6. The lowest BCUT2D eigenvalue weighted by atomic mass is 10.2. The predicted octanol–water partition coefficient (Wildman–Crippen LogP) is 2.29. The molecule has 1 unspecified atom stereocenters. The van der Waals surface area contributed by atoms with E-state index in [4.69, 9.17) is 9.47 Å². The van der Waals surface area contributed by atoms with Crippen molar-refractivity contribution < 1.29 is 24.0 Å². The maximum Gasteiger partial charge on any atom is 0.279 e. The number of nitro benzene ring substituents is 1. The lowest BCUT2D eigenvalue weighted by Crippen LogP contribution is -2.49. The number of hydrazine groups is 1. The average molecular weight is 387 g/mol. The molecule has 0 aliphatic rings.